The molecule has 2 aromatic heterocycles. The van der Waals surface area contributed by atoms with Crippen LogP contribution in [-0.4, -0.2) is 21.2 Å². The van der Waals surface area contributed by atoms with E-state index < -0.39 is 0 Å². The summed E-state index contributed by atoms with van der Waals surface area (Å²) in [7, 11) is 0. The van der Waals surface area contributed by atoms with E-state index in [9.17, 15) is 4.79 Å². The van der Waals surface area contributed by atoms with Crippen molar-refractivity contribution in [3.63, 3.8) is 0 Å². The lowest BCUT2D eigenvalue weighted by molar-refractivity contribution is 0.0954. The van der Waals surface area contributed by atoms with Crippen molar-refractivity contribution in [3.8, 4) is 0 Å². The normalized spacial score (nSPS) is 19.8. The molecule has 4 rings (SSSR count). The van der Waals surface area contributed by atoms with Crippen LogP contribution in [0.5, 0.6) is 0 Å². The van der Waals surface area contributed by atoms with Crippen LogP contribution in [-0.2, 0) is 25.9 Å². The Bertz CT molecular complexity index is 698. The van der Waals surface area contributed by atoms with E-state index in [0.717, 1.165) is 46.8 Å². The third-order valence-electron chi connectivity index (χ3n) is 4.34. The van der Waals surface area contributed by atoms with Crippen LogP contribution >= 0.6 is 23.1 Å². The Labute approximate surface area is 138 Å². The maximum absolute atomic E-state index is 12.4. The van der Waals surface area contributed by atoms with Crippen molar-refractivity contribution >= 4 is 29.0 Å². The van der Waals surface area contributed by atoms with Crippen molar-refractivity contribution < 1.29 is 4.79 Å². The van der Waals surface area contributed by atoms with Crippen molar-refractivity contribution in [1.82, 2.24) is 14.9 Å². The predicted octanol–water partition coefficient (Wildman–Crippen LogP) is 3.11. The summed E-state index contributed by atoms with van der Waals surface area (Å²) in [6.07, 6.45) is 5.53. The zero-order chi connectivity index (χ0) is 15.1. The fourth-order valence-electron chi connectivity index (χ4n) is 3.12. The van der Waals surface area contributed by atoms with Crippen LogP contribution in [0.2, 0.25) is 0 Å². The summed E-state index contributed by atoms with van der Waals surface area (Å²) in [5, 5.41) is 4.08. The minimum Gasteiger partial charge on any atom is -0.346 e. The lowest BCUT2D eigenvalue weighted by atomic mass is 9.90. The van der Waals surface area contributed by atoms with Crippen LogP contribution in [0.4, 0.5) is 0 Å². The summed E-state index contributed by atoms with van der Waals surface area (Å²) < 4.78 is 2.16. The monoisotopic (exact) mass is 333 g/mol. The molecule has 1 amide bonds. The van der Waals surface area contributed by atoms with Gasteiger partial charge in [-0.2, -0.15) is 0 Å². The van der Waals surface area contributed by atoms with Gasteiger partial charge in [0.05, 0.1) is 17.1 Å². The number of nitrogens with zero attached hydrogens (tertiary/aromatic N) is 2. The molecule has 1 unspecified atom stereocenters. The van der Waals surface area contributed by atoms with Crippen LogP contribution in [0, 0.1) is 5.92 Å². The Balaban J connectivity index is 1.41. The van der Waals surface area contributed by atoms with Gasteiger partial charge in [0.2, 0.25) is 0 Å². The van der Waals surface area contributed by atoms with Crippen LogP contribution in [0.1, 0.15) is 39.2 Å². The zero-order valence-electron chi connectivity index (χ0n) is 12.6. The number of thioether (sulfide) groups is 1. The highest BCUT2D eigenvalue weighted by Gasteiger charge is 2.21. The number of rotatable bonds is 3. The molecule has 4 nitrogen and oxygen atoms in total. The molecule has 2 aliphatic rings. The first-order valence-electron chi connectivity index (χ1n) is 7.77. The number of carbonyl (C=O) groups is 1. The molecule has 1 aliphatic heterocycles. The van der Waals surface area contributed by atoms with Gasteiger partial charge in [0.25, 0.3) is 5.91 Å². The van der Waals surface area contributed by atoms with E-state index in [2.05, 4.69) is 34.1 Å². The molecule has 0 radical (unpaired) electrons. The third-order valence-corrected chi connectivity index (χ3v) is 6.54. The number of thiophene rings is 1. The van der Waals surface area contributed by atoms with Gasteiger partial charge < -0.3 is 9.88 Å². The number of nitrogens with one attached hydrogen (secondary N) is 1. The Morgan fingerprint density at radius 1 is 1.55 bits per heavy atom. The summed E-state index contributed by atoms with van der Waals surface area (Å²) in [5.41, 5.74) is 2.33. The third kappa shape index (κ3) is 2.70. The van der Waals surface area contributed by atoms with Crippen LogP contribution in [0.15, 0.2) is 17.4 Å². The topological polar surface area (TPSA) is 46.9 Å². The van der Waals surface area contributed by atoms with Crippen molar-refractivity contribution in [1.29, 1.82) is 0 Å². The molecule has 0 saturated heterocycles. The molecular formula is C16H19N3OS2. The molecule has 0 spiro atoms. The standard InChI is InChI=1S/C16H19N3OS2/c1-10-2-3-13-11(6-10)7-14(22-13)15(20)17-8-12-9-19-4-5-21-16(19)18-12/h7,9-10H,2-6,8H2,1H3,(H,17,20). The first-order chi connectivity index (χ1) is 10.7. The van der Waals surface area contributed by atoms with E-state index in [1.807, 2.05) is 0 Å². The fourth-order valence-corrected chi connectivity index (χ4v) is 5.21. The summed E-state index contributed by atoms with van der Waals surface area (Å²) in [4.78, 5) is 19.1. The van der Waals surface area contributed by atoms with Gasteiger partial charge in [0, 0.05) is 23.4 Å². The largest absolute Gasteiger partial charge is 0.346 e. The van der Waals surface area contributed by atoms with Gasteiger partial charge in [-0.1, -0.05) is 18.7 Å². The Morgan fingerprint density at radius 2 is 2.45 bits per heavy atom. The van der Waals surface area contributed by atoms with Gasteiger partial charge >= 0.3 is 0 Å². The number of fused-ring (bicyclic) bond motifs is 2. The van der Waals surface area contributed by atoms with Crippen LogP contribution < -0.4 is 5.32 Å². The minimum absolute atomic E-state index is 0.0351. The lowest BCUT2D eigenvalue weighted by Gasteiger charge is -2.16. The van der Waals surface area contributed by atoms with Crippen molar-refractivity contribution in [3.05, 3.63) is 33.3 Å². The highest BCUT2D eigenvalue weighted by Crippen LogP contribution is 2.32. The molecular weight excluding hydrogens is 314 g/mol. The van der Waals surface area contributed by atoms with E-state index in [1.54, 1.807) is 23.1 Å². The van der Waals surface area contributed by atoms with Crippen molar-refractivity contribution in [2.45, 2.75) is 44.4 Å². The molecule has 3 heterocycles. The Kier molecular flexibility index (Phi) is 3.74. The van der Waals surface area contributed by atoms with Gasteiger partial charge in [-0.25, -0.2) is 4.98 Å². The number of aromatic nitrogens is 2. The summed E-state index contributed by atoms with van der Waals surface area (Å²) >= 11 is 3.44. The minimum atomic E-state index is 0.0351. The number of imidazole rings is 1. The van der Waals surface area contributed by atoms with E-state index in [1.165, 1.54) is 16.9 Å². The maximum atomic E-state index is 12.4. The second kappa shape index (κ2) is 5.74. The van der Waals surface area contributed by atoms with Gasteiger partial charge in [-0.15, -0.1) is 11.3 Å². The molecule has 1 N–H and O–H groups in total. The molecule has 0 bridgehead atoms. The second-order valence-electron chi connectivity index (χ2n) is 6.15. The highest BCUT2D eigenvalue weighted by atomic mass is 32.2. The van der Waals surface area contributed by atoms with Crippen LogP contribution in [0.25, 0.3) is 0 Å². The van der Waals surface area contributed by atoms with Crippen molar-refractivity contribution in [2.75, 3.05) is 5.75 Å². The Hall–Kier alpha value is -1.27. The molecule has 1 aliphatic carbocycles. The van der Waals surface area contributed by atoms with E-state index in [4.69, 9.17) is 0 Å². The van der Waals surface area contributed by atoms with E-state index in [0.29, 0.717) is 6.54 Å². The molecule has 2 aromatic rings. The zero-order valence-corrected chi connectivity index (χ0v) is 14.2. The van der Waals surface area contributed by atoms with Crippen molar-refractivity contribution in [2.24, 2.45) is 5.92 Å². The number of hydrogen-bond acceptors (Lipinski definition) is 4. The molecule has 1 atom stereocenters. The van der Waals surface area contributed by atoms with E-state index in [-0.39, 0.29) is 5.91 Å². The SMILES string of the molecule is CC1CCc2sc(C(=O)NCc3cn4c(n3)SCC4)cc2C1. The number of hydrogen-bond donors (Lipinski definition) is 1. The quantitative estimate of drug-likeness (QED) is 0.939. The molecule has 0 saturated carbocycles. The molecule has 6 heteroatoms. The molecule has 0 aromatic carbocycles. The molecule has 116 valence electrons. The lowest BCUT2D eigenvalue weighted by Crippen LogP contribution is -2.22. The number of carbonyl (C=O) groups excluding carboxylic acids is 1. The maximum Gasteiger partial charge on any atom is 0.261 e. The average molecular weight is 333 g/mol. The molecule has 0 fully saturated rings. The van der Waals surface area contributed by atoms with Gasteiger partial charge in [0.15, 0.2) is 5.16 Å². The first kappa shape index (κ1) is 14.3. The average Bonchev–Trinajstić information content (AvgIpc) is 3.17. The van der Waals surface area contributed by atoms with E-state index >= 15 is 0 Å². The first-order valence-corrected chi connectivity index (χ1v) is 9.58. The highest BCUT2D eigenvalue weighted by molar-refractivity contribution is 7.99. The molecule has 22 heavy (non-hydrogen) atoms. The smallest absolute Gasteiger partial charge is 0.261 e. The summed E-state index contributed by atoms with van der Waals surface area (Å²) in [5.74, 6) is 1.88. The van der Waals surface area contributed by atoms with Gasteiger partial charge in [-0.05, 0) is 36.8 Å². The fraction of sp³-hybridized carbons (Fsp3) is 0.500. The Morgan fingerprint density at radius 3 is 3.32 bits per heavy atom. The van der Waals surface area contributed by atoms with Gasteiger partial charge in [0.1, 0.15) is 0 Å². The summed E-state index contributed by atoms with van der Waals surface area (Å²) in [6, 6.07) is 2.09. The summed E-state index contributed by atoms with van der Waals surface area (Å²) in [6.45, 7) is 3.82. The predicted molar refractivity (Wildman–Crippen MR) is 89.6 cm³/mol. The van der Waals surface area contributed by atoms with Crippen LogP contribution in [0.3, 0.4) is 0 Å². The number of aryl methyl sites for hydroxylation is 2. The second-order valence-corrected chi connectivity index (χ2v) is 8.35. The number of amides is 1. The van der Waals surface area contributed by atoms with Gasteiger partial charge in [-0.3, -0.25) is 4.79 Å².